The molecule has 2 aliphatic rings. The molecule has 0 radical (unpaired) electrons. The summed E-state index contributed by atoms with van der Waals surface area (Å²) in [6.45, 7) is 0.891. The zero-order chi connectivity index (χ0) is 18.9. The third kappa shape index (κ3) is 3.33. The van der Waals surface area contributed by atoms with Crippen LogP contribution < -0.4 is 5.32 Å². The molecule has 140 valence electrons. The molecule has 0 spiro atoms. The molecule has 2 fully saturated rings. The number of carboxylic acids is 1. The highest BCUT2D eigenvalue weighted by atomic mass is 35.5. The van der Waals surface area contributed by atoms with Crippen LogP contribution in [0.2, 0.25) is 5.02 Å². The normalized spacial score (nSPS) is 24.3. The fourth-order valence-electron chi connectivity index (χ4n) is 4.13. The van der Waals surface area contributed by atoms with E-state index in [1.54, 1.807) is 17.0 Å². The van der Waals surface area contributed by atoms with E-state index in [-0.39, 0.29) is 35.7 Å². The first kappa shape index (κ1) is 18.4. The predicted octanol–water partition coefficient (Wildman–Crippen LogP) is 2.69. The van der Waals surface area contributed by atoms with Crippen LogP contribution in [0.3, 0.4) is 0 Å². The Balaban J connectivity index is 1.58. The van der Waals surface area contributed by atoms with E-state index in [2.05, 4.69) is 5.32 Å². The number of fused-ring (bicyclic) bond motifs is 1. The van der Waals surface area contributed by atoms with Crippen molar-refractivity contribution in [2.75, 3.05) is 19.6 Å². The highest BCUT2D eigenvalue weighted by Gasteiger charge is 2.55. The van der Waals surface area contributed by atoms with E-state index in [9.17, 15) is 24.8 Å². The van der Waals surface area contributed by atoms with Gasteiger partial charge in [-0.15, -0.1) is 0 Å². The topological polar surface area (TPSA) is 113 Å². The number of rotatable bonds is 5. The fraction of sp³-hybridized carbons (Fsp3) is 0.529. The van der Waals surface area contributed by atoms with Gasteiger partial charge >= 0.3 is 12.0 Å². The van der Waals surface area contributed by atoms with E-state index in [4.69, 9.17) is 11.6 Å². The van der Waals surface area contributed by atoms with Crippen molar-refractivity contribution < 1.29 is 19.6 Å². The molecule has 3 rings (SSSR count). The van der Waals surface area contributed by atoms with Gasteiger partial charge in [0.05, 0.1) is 10.3 Å². The lowest BCUT2D eigenvalue weighted by atomic mass is 9.81. The van der Waals surface area contributed by atoms with Crippen molar-refractivity contribution in [3.05, 3.63) is 38.9 Å². The lowest BCUT2D eigenvalue weighted by Gasteiger charge is -2.23. The van der Waals surface area contributed by atoms with E-state index in [0.29, 0.717) is 24.9 Å². The number of urea groups is 1. The van der Waals surface area contributed by atoms with Gasteiger partial charge in [-0.05, 0) is 31.2 Å². The Hall–Kier alpha value is -2.35. The molecule has 1 saturated heterocycles. The summed E-state index contributed by atoms with van der Waals surface area (Å²) in [4.78, 5) is 36.2. The van der Waals surface area contributed by atoms with Crippen LogP contribution in [-0.4, -0.2) is 46.6 Å². The minimum Gasteiger partial charge on any atom is -0.481 e. The molecule has 2 atom stereocenters. The fourth-order valence-corrected chi connectivity index (χ4v) is 4.29. The molecule has 1 aromatic carbocycles. The van der Waals surface area contributed by atoms with Crippen LogP contribution in [0.25, 0.3) is 0 Å². The smallest absolute Gasteiger partial charge is 0.317 e. The monoisotopic (exact) mass is 381 g/mol. The summed E-state index contributed by atoms with van der Waals surface area (Å²) < 4.78 is 0. The molecule has 1 aromatic rings. The van der Waals surface area contributed by atoms with Crippen LogP contribution in [-0.2, 0) is 11.2 Å². The van der Waals surface area contributed by atoms with Crippen molar-refractivity contribution in [2.45, 2.75) is 25.7 Å². The quantitative estimate of drug-likeness (QED) is 0.601. The second kappa shape index (κ2) is 7.11. The molecule has 1 aliphatic heterocycles. The minimum absolute atomic E-state index is 0.00287. The Bertz CT molecular complexity index is 756. The number of halogens is 1. The summed E-state index contributed by atoms with van der Waals surface area (Å²) in [5.41, 5.74) is -0.404. The molecule has 2 N–H and O–H groups in total. The molecule has 26 heavy (non-hydrogen) atoms. The predicted molar refractivity (Wildman–Crippen MR) is 94.2 cm³/mol. The van der Waals surface area contributed by atoms with Crippen LogP contribution in [0, 0.1) is 21.4 Å². The van der Waals surface area contributed by atoms with Crippen molar-refractivity contribution >= 4 is 29.3 Å². The zero-order valence-corrected chi connectivity index (χ0v) is 14.9. The van der Waals surface area contributed by atoms with Crippen molar-refractivity contribution in [3.8, 4) is 0 Å². The number of carbonyl (C=O) groups excluding carboxylic acids is 1. The molecule has 1 saturated carbocycles. The molecule has 8 nitrogen and oxygen atoms in total. The van der Waals surface area contributed by atoms with Crippen LogP contribution in [0.4, 0.5) is 10.5 Å². The zero-order valence-electron chi connectivity index (χ0n) is 14.1. The summed E-state index contributed by atoms with van der Waals surface area (Å²) >= 11 is 5.79. The van der Waals surface area contributed by atoms with Gasteiger partial charge in [0.1, 0.15) is 0 Å². The summed E-state index contributed by atoms with van der Waals surface area (Å²) in [5.74, 6) is -0.824. The highest BCUT2D eigenvalue weighted by molar-refractivity contribution is 6.30. The summed E-state index contributed by atoms with van der Waals surface area (Å²) in [7, 11) is 0. The number of nitrogens with one attached hydrogen (secondary N) is 1. The average molecular weight is 382 g/mol. The molecule has 1 heterocycles. The Morgan fingerprint density at radius 1 is 1.46 bits per heavy atom. The van der Waals surface area contributed by atoms with Crippen LogP contribution in [0.1, 0.15) is 24.8 Å². The third-order valence-corrected chi connectivity index (χ3v) is 5.73. The number of benzene rings is 1. The maximum absolute atomic E-state index is 12.4. The van der Waals surface area contributed by atoms with E-state index >= 15 is 0 Å². The maximum Gasteiger partial charge on any atom is 0.317 e. The van der Waals surface area contributed by atoms with Gasteiger partial charge in [0.25, 0.3) is 5.69 Å². The number of likely N-dealkylation sites (tertiary alicyclic amines) is 1. The van der Waals surface area contributed by atoms with E-state index in [1.807, 2.05) is 0 Å². The summed E-state index contributed by atoms with van der Waals surface area (Å²) in [6, 6.07) is 4.12. The number of hydrogen-bond donors (Lipinski definition) is 2. The van der Waals surface area contributed by atoms with Crippen LogP contribution in [0.5, 0.6) is 0 Å². The first-order valence-corrected chi connectivity index (χ1v) is 8.90. The van der Waals surface area contributed by atoms with Gasteiger partial charge < -0.3 is 15.3 Å². The number of nitro groups is 1. The van der Waals surface area contributed by atoms with Gasteiger partial charge in [0, 0.05) is 36.3 Å². The largest absolute Gasteiger partial charge is 0.481 e. The lowest BCUT2D eigenvalue weighted by molar-refractivity contribution is -0.385. The van der Waals surface area contributed by atoms with Crippen LogP contribution >= 0.6 is 11.6 Å². The second-order valence-electron chi connectivity index (χ2n) is 6.94. The van der Waals surface area contributed by atoms with Gasteiger partial charge in [-0.2, -0.15) is 0 Å². The van der Waals surface area contributed by atoms with Crippen molar-refractivity contribution in [3.63, 3.8) is 0 Å². The molecular formula is C17H20ClN3O5. The Labute approximate surface area is 155 Å². The molecule has 0 bridgehead atoms. The van der Waals surface area contributed by atoms with Gasteiger partial charge in [-0.3, -0.25) is 14.9 Å². The van der Waals surface area contributed by atoms with Gasteiger partial charge in [0.2, 0.25) is 0 Å². The lowest BCUT2D eigenvalue weighted by Crippen LogP contribution is -2.42. The number of aliphatic carboxylic acids is 1. The van der Waals surface area contributed by atoms with E-state index in [0.717, 1.165) is 12.8 Å². The first-order chi connectivity index (χ1) is 12.3. The Kier molecular flexibility index (Phi) is 5.04. The number of amides is 2. The maximum atomic E-state index is 12.4. The number of nitrogens with zero attached hydrogens (tertiary/aromatic N) is 2. The second-order valence-corrected chi connectivity index (χ2v) is 7.38. The van der Waals surface area contributed by atoms with Crippen molar-refractivity contribution in [1.82, 2.24) is 10.2 Å². The Morgan fingerprint density at radius 3 is 2.88 bits per heavy atom. The van der Waals surface area contributed by atoms with Gasteiger partial charge in [0.15, 0.2) is 0 Å². The van der Waals surface area contributed by atoms with E-state index < -0.39 is 16.3 Å². The number of carboxylic acid groups (broad SMARTS) is 1. The van der Waals surface area contributed by atoms with Crippen molar-refractivity contribution in [1.29, 1.82) is 0 Å². The molecule has 0 unspecified atom stereocenters. The molecule has 2 amide bonds. The van der Waals surface area contributed by atoms with Gasteiger partial charge in [-0.1, -0.05) is 24.1 Å². The summed E-state index contributed by atoms with van der Waals surface area (Å²) in [6.07, 6.45) is 2.61. The SMILES string of the molecule is O=C(NCCc1ccc(Cl)cc1[N+](=O)[O-])N1C[C@@H]2CCC[C@@]2(C(=O)O)C1. The molecule has 0 aromatic heterocycles. The molecular weight excluding hydrogens is 362 g/mol. The number of carbonyl (C=O) groups is 2. The number of hydrogen-bond acceptors (Lipinski definition) is 4. The van der Waals surface area contributed by atoms with Crippen molar-refractivity contribution in [2.24, 2.45) is 11.3 Å². The first-order valence-electron chi connectivity index (χ1n) is 8.52. The average Bonchev–Trinajstić information content (AvgIpc) is 3.14. The van der Waals surface area contributed by atoms with Crippen LogP contribution in [0.15, 0.2) is 18.2 Å². The molecule has 1 aliphatic carbocycles. The highest BCUT2D eigenvalue weighted by Crippen LogP contribution is 2.48. The Morgan fingerprint density at radius 2 is 2.23 bits per heavy atom. The standard InChI is InChI=1S/C17H20ClN3O5/c18-13-4-3-11(14(8-13)21(25)26)5-7-19-16(24)20-9-12-2-1-6-17(12,10-20)15(22)23/h3-4,8,12H,1-2,5-7,9-10H2,(H,19,24)(H,22,23)/t12-,17+/m0/s1. The molecule has 9 heteroatoms. The third-order valence-electron chi connectivity index (χ3n) is 5.50. The number of nitro benzene ring substituents is 1. The van der Waals surface area contributed by atoms with E-state index in [1.165, 1.54) is 6.07 Å². The minimum atomic E-state index is -0.827. The van der Waals surface area contributed by atoms with Gasteiger partial charge in [-0.25, -0.2) is 4.79 Å². The summed E-state index contributed by atoms with van der Waals surface area (Å²) in [5, 5.41) is 23.7.